The average Bonchev–Trinajstić information content (AvgIpc) is 3.36. The van der Waals surface area contributed by atoms with Crippen molar-refractivity contribution in [3.63, 3.8) is 0 Å². The van der Waals surface area contributed by atoms with Crippen molar-refractivity contribution >= 4 is 16.3 Å². The fraction of sp³-hybridized carbons (Fsp3) is 0.611. The van der Waals surface area contributed by atoms with E-state index in [2.05, 4.69) is 18.8 Å². The molecule has 5 atom stereocenters. The van der Waals surface area contributed by atoms with Gasteiger partial charge in [0, 0.05) is 18.6 Å². The average molecular weight is 1000 g/mol. The van der Waals surface area contributed by atoms with Crippen LogP contribution >= 0.6 is 0 Å². The molecule has 16 heteroatoms. The maximum atomic E-state index is 13.6. The number of unbranched alkanes of at least 4 members (excludes halogenated alkanes) is 13. The standard InChI is InChI=1S/C54H79NO13S.Na/c1-4-6-8-9-10-11-12-13-14-15-16-17-18-25-35-62-53-49(55-48(56)30-7-5-2)51(64-37-44-28-23-20-24-29-44)50(63-36-43-26-21-19-22-27-43)47(68-53)38-61-39-54(42-67-69(57,58)59)40-65-52(66-41-54)45-31-33-46(60-3)34-32-45;/h5,19-24,26-29,31-34,47,49-53H,2,4,6-18,25,30,35-42H2,1,3H3,(H,55,56)(H,57,58,59);/q;+1/p-1/t47-,49-,50-,51-,52?,53+,54?;/m1./s1. The third kappa shape index (κ3) is 22.2. The quantitative estimate of drug-likeness (QED) is 0.0209. The molecule has 3 aromatic rings. The Balaban J connectivity index is 0.0000107. The first-order chi connectivity index (χ1) is 33.6. The van der Waals surface area contributed by atoms with Gasteiger partial charge in [0.2, 0.25) is 16.3 Å². The van der Waals surface area contributed by atoms with E-state index in [9.17, 15) is 17.8 Å². The zero-order valence-electron chi connectivity index (χ0n) is 42.0. The van der Waals surface area contributed by atoms with E-state index in [4.69, 9.17) is 42.1 Å². The van der Waals surface area contributed by atoms with Crippen LogP contribution in [0.4, 0.5) is 0 Å². The number of methoxy groups -OCH3 is 1. The zero-order chi connectivity index (χ0) is 49.0. The maximum Gasteiger partial charge on any atom is 1.00 e. The van der Waals surface area contributed by atoms with Crippen LogP contribution in [-0.2, 0) is 65.7 Å². The number of hydrogen-bond acceptors (Lipinski definition) is 13. The van der Waals surface area contributed by atoms with Crippen molar-refractivity contribution < 1.29 is 89.4 Å². The first-order valence-electron chi connectivity index (χ1n) is 25.2. The van der Waals surface area contributed by atoms with Crippen LogP contribution in [0.1, 0.15) is 133 Å². The van der Waals surface area contributed by atoms with E-state index in [1.807, 2.05) is 72.8 Å². The second-order valence-corrected chi connectivity index (χ2v) is 19.4. The van der Waals surface area contributed by atoms with Gasteiger partial charge in [0.05, 0.1) is 58.8 Å². The summed E-state index contributed by atoms with van der Waals surface area (Å²) in [5.41, 5.74) is 1.38. The number of carbonyl (C=O) groups excluding carboxylic acids is 1. The number of ether oxygens (including phenoxy) is 8. The predicted molar refractivity (Wildman–Crippen MR) is 263 cm³/mol. The van der Waals surface area contributed by atoms with Crippen molar-refractivity contribution in [3.8, 4) is 5.75 Å². The second-order valence-electron chi connectivity index (χ2n) is 18.4. The third-order valence-corrected chi connectivity index (χ3v) is 13.0. The molecule has 0 radical (unpaired) electrons. The molecule has 384 valence electrons. The number of hydrogen-bond donors (Lipinski definition) is 1. The van der Waals surface area contributed by atoms with Crippen LogP contribution in [-0.4, -0.2) is 96.3 Å². The number of nitrogens with one attached hydrogen (secondary N) is 1. The summed E-state index contributed by atoms with van der Waals surface area (Å²) in [7, 11) is -3.49. The summed E-state index contributed by atoms with van der Waals surface area (Å²) >= 11 is 0. The van der Waals surface area contributed by atoms with Crippen molar-refractivity contribution in [1.29, 1.82) is 0 Å². The Bertz CT molecular complexity index is 1960. The molecule has 0 aliphatic carbocycles. The molecule has 1 amide bonds. The molecule has 0 aromatic heterocycles. The van der Waals surface area contributed by atoms with E-state index in [1.165, 1.54) is 70.6 Å². The molecule has 0 bridgehead atoms. The molecule has 2 heterocycles. The fourth-order valence-corrected chi connectivity index (χ4v) is 8.99. The van der Waals surface area contributed by atoms with Crippen molar-refractivity contribution in [1.82, 2.24) is 5.32 Å². The molecule has 2 saturated heterocycles. The fourth-order valence-electron chi connectivity index (χ4n) is 8.60. The van der Waals surface area contributed by atoms with E-state index in [0.29, 0.717) is 18.8 Å². The second kappa shape index (κ2) is 33.9. The van der Waals surface area contributed by atoms with Gasteiger partial charge >= 0.3 is 29.6 Å². The topological polar surface area (TPSA) is 169 Å². The van der Waals surface area contributed by atoms with Crippen LogP contribution in [0, 0.1) is 5.41 Å². The minimum absolute atomic E-state index is 0. The van der Waals surface area contributed by atoms with Gasteiger partial charge in [-0.15, -0.1) is 6.58 Å². The van der Waals surface area contributed by atoms with Crippen LogP contribution in [0.25, 0.3) is 0 Å². The van der Waals surface area contributed by atoms with Gasteiger partial charge in [0.15, 0.2) is 12.6 Å². The SMILES string of the molecule is C=CCCC(=O)N[C@H]1[C@@H](OCCCCCCCCCCCCCCCC)O[C@H](COCC2(COS(=O)(=O)[O-])COC(c3ccc(OC)cc3)OC2)[C@@H](OCc2ccccc2)[C@@H]1OCc1ccccc1.[Na+]. The van der Waals surface area contributed by atoms with Gasteiger partial charge < -0.3 is 47.8 Å². The Morgan fingerprint density at radius 1 is 0.757 bits per heavy atom. The first-order valence-corrected chi connectivity index (χ1v) is 26.5. The summed E-state index contributed by atoms with van der Waals surface area (Å²) in [6.07, 6.45) is 15.6. The third-order valence-electron chi connectivity index (χ3n) is 12.6. The molecule has 2 aliphatic heterocycles. The predicted octanol–water partition coefficient (Wildman–Crippen LogP) is 7.07. The van der Waals surface area contributed by atoms with Crippen LogP contribution in [0.2, 0.25) is 0 Å². The van der Waals surface area contributed by atoms with Gasteiger partial charge in [-0.1, -0.05) is 169 Å². The number of benzene rings is 3. The van der Waals surface area contributed by atoms with E-state index in [1.54, 1.807) is 25.3 Å². The molecular weight excluding hydrogens is 926 g/mol. The summed E-state index contributed by atoms with van der Waals surface area (Å²) in [4.78, 5) is 13.6. The van der Waals surface area contributed by atoms with E-state index in [-0.39, 0.29) is 81.5 Å². The van der Waals surface area contributed by atoms with Crippen LogP contribution in [0.15, 0.2) is 97.6 Å². The normalized spacial score (nSPS) is 22.5. The summed E-state index contributed by atoms with van der Waals surface area (Å²) in [6, 6.07) is 25.9. The van der Waals surface area contributed by atoms with Gasteiger partial charge in [-0.3, -0.25) is 8.98 Å². The molecule has 2 fully saturated rings. The van der Waals surface area contributed by atoms with Gasteiger partial charge in [-0.25, -0.2) is 8.42 Å². The summed E-state index contributed by atoms with van der Waals surface area (Å²) < 4.78 is 90.9. The Hall–Kier alpha value is -2.74. The molecule has 0 spiro atoms. The van der Waals surface area contributed by atoms with Crippen LogP contribution in [0.5, 0.6) is 5.75 Å². The molecule has 70 heavy (non-hydrogen) atoms. The Labute approximate surface area is 440 Å². The molecule has 0 saturated carbocycles. The number of allylic oxidation sites excluding steroid dienone is 1. The van der Waals surface area contributed by atoms with Crippen molar-refractivity contribution in [2.75, 3.05) is 46.8 Å². The van der Waals surface area contributed by atoms with E-state index >= 15 is 0 Å². The van der Waals surface area contributed by atoms with Gasteiger partial charge in [-0.2, -0.15) is 0 Å². The number of carbonyl (C=O) groups is 1. The Morgan fingerprint density at radius 2 is 1.30 bits per heavy atom. The van der Waals surface area contributed by atoms with Crippen molar-refractivity contribution in [2.24, 2.45) is 5.41 Å². The smallest absolute Gasteiger partial charge is 0.726 e. The minimum atomic E-state index is -5.06. The van der Waals surface area contributed by atoms with Crippen LogP contribution < -0.4 is 39.6 Å². The summed E-state index contributed by atoms with van der Waals surface area (Å²) in [5.74, 6) is 0.456. The Morgan fingerprint density at radius 3 is 1.83 bits per heavy atom. The van der Waals surface area contributed by atoms with Crippen molar-refractivity contribution in [3.05, 3.63) is 114 Å². The molecule has 0 unspecified atom stereocenters. The Kier molecular flexibility index (Phi) is 29.0. The first kappa shape index (κ1) is 59.8. The summed E-state index contributed by atoms with van der Waals surface area (Å²) in [6.45, 7) is 6.01. The van der Waals surface area contributed by atoms with Gasteiger partial charge in [0.25, 0.3) is 0 Å². The van der Waals surface area contributed by atoms with Gasteiger partial charge in [0.1, 0.15) is 30.1 Å². The molecule has 3 aromatic carbocycles. The summed E-state index contributed by atoms with van der Waals surface area (Å²) in [5, 5.41) is 3.18. The largest absolute Gasteiger partial charge is 1.00 e. The monoisotopic (exact) mass is 1000 g/mol. The molecule has 1 N–H and O–H groups in total. The zero-order valence-corrected chi connectivity index (χ0v) is 44.8. The van der Waals surface area contributed by atoms with E-state index in [0.717, 1.165) is 36.0 Å². The molecular formula is C54H78NNaO13S. The van der Waals surface area contributed by atoms with Gasteiger partial charge in [-0.05, 0) is 36.1 Å². The number of amides is 1. The van der Waals surface area contributed by atoms with E-state index < -0.39 is 59.4 Å². The minimum Gasteiger partial charge on any atom is -0.726 e. The molecule has 2 aliphatic rings. The molecule has 5 rings (SSSR count). The maximum absolute atomic E-state index is 13.6. The number of rotatable bonds is 35. The van der Waals surface area contributed by atoms with Crippen molar-refractivity contribution in [2.45, 2.75) is 160 Å². The van der Waals surface area contributed by atoms with Crippen LogP contribution in [0.3, 0.4) is 0 Å². The molecule has 14 nitrogen and oxygen atoms in total.